The van der Waals surface area contributed by atoms with Gasteiger partial charge in [0.15, 0.2) is 0 Å². The van der Waals surface area contributed by atoms with Crippen molar-refractivity contribution >= 4 is 17.8 Å². The van der Waals surface area contributed by atoms with Crippen molar-refractivity contribution in [3.8, 4) is 0 Å². The lowest BCUT2D eigenvalue weighted by molar-refractivity contribution is -0.127. The fourth-order valence-corrected chi connectivity index (χ4v) is 2.58. The van der Waals surface area contributed by atoms with E-state index in [1.807, 2.05) is 0 Å². The molecule has 24 heavy (non-hydrogen) atoms. The monoisotopic (exact) mass is 341 g/mol. The average molecular weight is 341 g/mol. The maximum atomic E-state index is 12.6. The Balaban J connectivity index is 2.17. The van der Waals surface area contributed by atoms with Gasteiger partial charge in [0, 0.05) is 18.9 Å². The first kappa shape index (κ1) is 17.8. The predicted molar refractivity (Wildman–Crippen MR) is 78.9 cm³/mol. The highest BCUT2D eigenvalue weighted by Crippen LogP contribution is 2.20. The third-order valence-corrected chi connectivity index (χ3v) is 3.73. The number of carboxylic acid groups (broad SMARTS) is 1. The molecule has 130 valence electrons. The summed E-state index contributed by atoms with van der Waals surface area (Å²) in [5.74, 6) is -2.39. The first-order chi connectivity index (χ1) is 11.4. The standard InChI is InChI=1S/C15H17F2N3O4/c16-12(17)8-19-13(21)11-3-1-2-4-20(11)14(22)9-5-10(15(23)24)7-18-6-9/h5-7,11-12H,1-4,8H2,(H,19,21)(H,23,24)/t11-/m0/s1. The number of carbonyl (C=O) groups is 3. The Labute approximate surface area is 136 Å². The number of aromatic carboxylic acids is 1. The minimum absolute atomic E-state index is 0.0449. The highest BCUT2D eigenvalue weighted by Gasteiger charge is 2.33. The summed E-state index contributed by atoms with van der Waals surface area (Å²) < 4.78 is 24.5. The number of aromatic nitrogens is 1. The van der Waals surface area contributed by atoms with Gasteiger partial charge in [-0.2, -0.15) is 0 Å². The molecule has 1 saturated heterocycles. The summed E-state index contributed by atoms with van der Waals surface area (Å²) in [5, 5.41) is 11.1. The molecule has 7 nitrogen and oxygen atoms in total. The lowest BCUT2D eigenvalue weighted by Gasteiger charge is -2.34. The number of rotatable bonds is 5. The zero-order valence-electron chi connectivity index (χ0n) is 12.7. The number of pyridine rings is 1. The van der Waals surface area contributed by atoms with Crippen molar-refractivity contribution in [3.05, 3.63) is 29.6 Å². The molecule has 1 aromatic rings. The van der Waals surface area contributed by atoms with E-state index in [1.54, 1.807) is 0 Å². The van der Waals surface area contributed by atoms with Gasteiger partial charge >= 0.3 is 5.97 Å². The number of halogens is 2. The summed E-state index contributed by atoms with van der Waals surface area (Å²) in [5.41, 5.74) is -0.0972. The Bertz CT molecular complexity index is 639. The van der Waals surface area contributed by atoms with E-state index in [2.05, 4.69) is 10.3 Å². The number of carboxylic acids is 1. The second-order valence-electron chi connectivity index (χ2n) is 5.41. The highest BCUT2D eigenvalue weighted by molar-refractivity contribution is 5.99. The van der Waals surface area contributed by atoms with Gasteiger partial charge in [-0.05, 0) is 25.3 Å². The summed E-state index contributed by atoms with van der Waals surface area (Å²) in [6, 6.07) is 0.332. The quantitative estimate of drug-likeness (QED) is 0.837. The number of alkyl halides is 2. The van der Waals surface area contributed by atoms with E-state index < -0.39 is 36.8 Å². The van der Waals surface area contributed by atoms with Crippen molar-refractivity contribution in [2.24, 2.45) is 0 Å². The van der Waals surface area contributed by atoms with Crippen LogP contribution in [-0.4, -0.2) is 58.3 Å². The van der Waals surface area contributed by atoms with Gasteiger partial charge in [-0.25, -0.2) is 13.6 Å². The second kappa shape index (κ2) is 7.80. The molecule has 2 amide bonds. The molecule has 1 aromatic heterocycles. The number of hydrogen-bond donors (Lipinski definition) is 2. The number of amides is 2. The maximum Gasteiger partial charge on any atom is 0.337 e. The SMILES string of the molecule is O=C(O)c1cncc(C(=O)N2CCCC[C@H]2C(=O)NCC(F)F)c1. The van der Waals surface area contributed by atoms with Crippen molar-refractivity contribution in [1.29, 1.82) is 0 Å². The van der Waals surface area contributed by atoms with Crippen LogP contribution in [0.3, 0.4) is 0 Å². The van der Waals surface area contributed by atoms with Crippen molar-refractivity contribution in [1.82, 2.24) is 15.2 Å². The normalized spacial score (nSPS) is 17.6. The summed E-state index contributed by atoms with van der Waals surface area (Å²) in [6.45, 7) is -0.476. The van der Waals surface area contributed by atoms with E-state index in [4.69, 9.17) is 5.11 Å². The Morgan fingerprint density at radius 3 is 2.67 bits per heavy atom. The van der Waals surface area contributed by atoms with Crippen LogP contribution in [0.4, 0.5) is 8.78 Å². The number of nitrogens with one attached hydrogen (secondary N) is 1. The van der Waals surface area contributed by atoms with E-state index in [1.165, 1.54) is 17.2 Å². The third-order valence-electron chi connectivity index (χ3n) is 3.73. The summed E-state index contributed by atoms with van der Waals surface area (Å²) >= 11 is 0. The van der Waals surface area contributed by atoms with Gasteiger partial charge in [-0.1, -0.05) is 0 Å². The van der Waals surface area contributed by atoms with Crippen LogP contribution < -0.4 is 5.32 Å². The summed E-state index contributed by atoms with van der Waals surface area (Å²) in [7, 11) is 0. The van der Waals surface area contributed by atoms with Crippen LogP contribution in [0.5, 0.6) is 0 Å². The number of likely N-dealkylation sites (tertiary alicyclic amines) is 1. The van der Waals surface area contributed by atoms with Crippen LogP contribution in [0, 0.1) is 0 Å². The van der Waals surface area contributed by atoms with E-state index in [-0.39, 0.29) is 11.1 Å². The fraction of sp³-hybridized carbons (Fsp3) is 0.467. The second-order valence-corrected chi connectivity index (χ2v) is 5.41. The van der Waals surface area contributed by atoms with Crippen LogP contribution in [0.2, 0.25) is 0 Å². The zero-order chi connectivity index (χ0) is 17.7. The van der Waals surface area contributed by atoms with Crippen molar-refractivity contribution in [3.63, 3.8) is 0 Å². The molecule has 9 heteroatoms. The van der Waals surface area contributed by atoms with Crippen molar-refractivity contribution in [2.75, 3.05) is 13.1 Å². The molecule has 0 aromatic carbocycles. The van der Waals surface area contributed by atoms with Crippen LogP contribution in [0.25, 0.3) is 0 Å². The molecule has 0 radical (unpaired) electrons. The molecular formula is C15H17F2N3O4. The molecular weight excluding hydrogens is 324 g/mol. The van der Waals surface area contributed by atoms with Crippen molar-refractivity contribution in [2.45, 2.75) is 31.7 Å². The van der Waals surface area contributed by atoms with Gasteiger partial charge in [0.2, 0.25) is 5.91 Å². The van der Waals surface area contributed by atoms with Crippen LogP contribution in [0.1, 0.15) is 40.0 Å². The van der Waals surface area contributed by atoms with Crippen molar-refractivity contribution < 1.29 is 28.3 Å². The Kier molecular flexibility index (Phi) is 5.78. The average Bonchev–Trinajstić information content (AvgIpc) is 2.59. The Morgan fingerprint density at radius 1 is 1.29 bits per heavy atom. The Hall–Kier alpha value is -2.58. The molecule has 1 atom stereocenters. The van der Waals surface area contributed by atoms with Crippen LogP contribution in [-0.2, 0) is 4.79 Å². The molecule has 1 aliphatic heterocycles. The third kappa shape index (κ3) is 4.24. The number of carbonyl (C=O) groups excluding carboxylic acids is 2. The largest absolute Gasteiger partial charge is 0.478 e. The summed E-state index contributed by atoms with van der Waals surface area (Å²) in [6.07, 6.45) is 1.41. The molecule has 0 saturated carbocycles. The molecule has 2 N–H and O–H groups in total. The number of hydrogen-bond acceptors (Lipinski definition) is 4. The molecule has 0 bridgehead atoms. The number of nitrogens with zero attached hydrogens (tertiary/aromatic N) is 2. The molecule has 2 heterocycles. The lowest BCUT2D eigenvalue weighted by Crippen LogP contribution is -2.52. The van der Waals surface area contributed by atoms with E-state index in [9.17, 15) is 23.2 Å². The first-order valence-corrected chi connectivity index (χ1v) is 7.45. The van der Waals surface area contributed by atoms with Crippen LogP contribution >= 0.6 is 0 Å². The molecule has 0 spiro atoms. The van der Waals surface area contributed by atoms with Gasteiger partial charge in [-0.15, -0.1) is 0 Å². The zero-order valence-corrected chi connectivity index (χ0v) is 12.7. The summed E-state index contributed by atoms with van der Waals surface area (Å²) in [4.78, 5) is 40.6. The van der Waals surface area contributed by atoms with E-state index in [0.29, 0.717) is 25.8 Å². The lowest BCUT2D eigenvalue weighted by atomic mass is 10.00. The topological polar surface area (TPSA) is 99.6 Å². The van der Waals surface area contributed by atoms with Gasteiger partial charge in [-0.3, -0.25) is 14.6 Å². The first-order valence-electron chi connectivity index (χ1n) is 7.45. The van der Waals surface area contributed by atoms with Crippen LogP contribution in [0.15, 0.2) is 18.5 Å². The molecule has 1 aliphatic rings. The predicted octanol–water partition coefficient (Wildman–Crippen LogP) is 1.16. The fourth-order valence-electron chi connectivity index (χ4n) is 2.58. The highest BCUT2D eigenvalue weighted by atomic mass is 19.3. The molecule has 2 rings (SSSR count). The molecule has 0 unspecified atom stereocenters. The maximum absolute atomic E-state index is 12.6. The van der Waals surface area contributed by atoms with Gasteiger partial charge in [0.1, 0.15) is 6.04 Å². The van der Waals surface area contributed by atoms with E-state index in [0.717, 1.165) is 6.20 Å². The van der Waals surface area contributed by atoms with E-state index >= 15 is 0 Å². The van der Waals surface area contributed by atoms with Gasteiger partial charge < -0.3 is 15.3 Å². The van der Waals surface area contributed by atoms with Gasteiger partial charge in [0.05, 0.1) is 17.7 Å². The minimum Gasteiger partial charge on any atom is -0.478 e. The Morgan fingerprint density at radius 2 is 2.00 bits per heavy atom. The molecule has 0 aliphatic carbocycles. The smallest absolute Gasteiger partial charge is 0.337 e. The minimum atomic E-state index is -2.67. The van der Waals surface area contributed by atoms with Gasteiger partial charge in [0.25, 0.3) is 12.3 Å². The molecule has 1 fully saturated rings. The number of piperidine rings is 1.